The van der Waals surface area contributed by atoms with E-state index in [2.05, 4.69) is 39.0 Å². The number of carboxylic acid groups (broad SMARTS) is 1. The molecule has 0 radical (unpaired) electrons. The Hall–Kier alpha value is -3.39. The van der Waals surface area contributed by atoms with Crippen LogP contribution in [0.25, 0.3) is 6.08 Å². The van der Waals surface area contributed by atoms with Gasteiger partial charge in [-0.2, -0.15) is 0 Å². The van der Waals surface area contributed by atoms with Gasteiger partial charge in [0.05, 0.1) is 6.04 Å². The first-order valence-electron chi connectivity index (χ1n) is 11.4. The predicted octanol–water partition coefficient (Wildman–Crippen LogP) is 4.26. The van der Waals surface area contributed by atoms with E-state index < -0.39 is 17.7 Å². The number of carbonyl (C=O) groups excluding carboxylic acids is 1. The fourth-order valence-corrected chi connectivity index (χ4v) is 3.87. The van der Waals surface area contributed by atoms with E-state index in [1.165, 1.54) is 11.6 Å². The van der Waals surface area contributed by atoms with Crippen molar-refractivity contribution >= 4 is 29.6 Å². The number of carbonyl (C=O) groups is 2. The zero-order valence-corrected chi connectivity index (χ0v) is 20.6. The number of rotatable bonds is 7. The van der Waals surface area contributed by atoms with E-state index in [-0.39, 0.29) is 6.04 Å². The van der Waals surface area contributed by atoms with Gasteiger partial charge in [-0.3, -0.25) is 9.80 Å². The van der Waals surface area contributed by atoms with Gasteiger partial charge >= 0.3 is 12.1 Å². The monoisotopic (exact) mass is 466 g/mol. The Labute approximate surface area is 201 Å². The number of hydrogen-bond donors (Lipinski definition) is 1. The highest BCUT2D eigenvalue weighted by Gasteiger charge is 2.35. The normalized spacial score (nSPS) is 16.6. The van der Waals surface area contributed by atoms with E-state index in [1.807, 2.05) is 34.9 Å². The Morgan fingerprint density at radius 2 is 1.88 bits per heavy atom. The number of amides is 1. The van der Waals surface area contributed by atoms with Crippen molar-refractivity contribution in [2.75, 3.05) is 37.0 Å². The van der Waals surface area contributed by atoms with Crippen molar-refractivity contribution < 1.29 is 19.4 Å². The molecule has 0 saturated carbocycles. The van der Waals surface area contributed by atoms with Crippen LogP contribution >= 0.6 is 0 Å². The number of likely N-dealkylation sites (tertiary alicyclic amines) is 1. The van der Waals surface area contributed by atoms with Gasteiger partial charge in [0.25, 0.3) is 0 Å². The molecule has 1 aliphatic heterocycles. The second kappa shape index (κ2) is 10.7. The summed E-state index contributed by atoms with van der Waals surface area (Å²) in [7, 11) is 4.04. The minimum Gasteiger partial charge on any atom is -0.478 e. The lowest BCUT2D eigenvalue weighted by molar-refractivity contribution is -0.131. The molecule has 1 amide bonds. The van der Waals surface area contributed by atoms with Crippen LogP contribution in [-0.4, -0.2) is 65.9 Å². The second-order valence-electron chi connectivity index (χ2n) is 9.71. The van der Waals surface area contributed by atoms with Gasteiger partial charge in [-0.25, -0.2) is 14.6 Å². The first kappa shape index (κ1) is 25.2. The third-order valence-corrected chi connectivity index (χ3v) is 5.50. The standard InChI is InChI=1S/C26H34N4O4/c1-26(2,3)34-25(33)30(23-12-8-19(16-27-23)9-13-24(31)32)22-14-15-29(18-22)17-20-6-10-21(11-7-20)28(4)5/h6-13,16,22H,14-15,17-18H2,1-5H3,(H,31,32)/b13-9+/t22-/m1/s1. The van der Waals surface area contributed by atoms with Crippen LogP contribution < -0.4 is 9.80 Å². The van der Waals surface area contributed by atoms with Gasteiger partial charge in [0.1, 0.15) is 11.4 Å². The zero-order chi connectivity index (χ0) is 24.9. The number of nitrogens with zero attached hydrogens (tertiary/aromatic N) is 4. The minimum absolute atomic E-state index is 0.0798. The van der Waals surface area contributed by atoms with Crippen LogP contribution in [0.3, 0.4) is 0 Å². The number of carboxylic acids is 1. The highest BCUT2D eigenvalue weighted by molar-refractivity contribution is 5.88. The Balaban J connectivity index is 1.76. The van der Waals surface area contributed by atoms with E-state index >= 15 is 0 Å². The van der Waals surface area contributed by atoms with Crippen molar-refractivity contribution in [2.24, 2.45) is 0 Å². The number of aliphatic carboxylic acids is 1. The molecule has 1 N–H and O–H groups in total. The van der Waals surface area contributed by atoms with Crippen molar-refractivity contribution in [3.63, 3.8) is 0 Å². The topological polar surface area (TPSA) is 86.2 Å². The van der Waals surface area contributed by atoms with Crippen molar-refractivity contribution in [3.05, 3.63) is 59.8 Å². The van der Waals surface area contributed by atoms with Gasteiger partial charge in [-0.15, -0.1) is 0 Å². The lowest BCUT2D eigenvalue weighted by Crippen LogP contribution is -2.45. The largest absolute Gasteiger partial charge is 0.478 e. The molecule has 2 heterocycles. The molecule has 3 rings (SSSR count). The Morgan fingerprint density at radius 1 is 1.18 bits per heavy atom. The van der Waals surface area contributed by atoms with E-state index in [4.69, 9.17) is 9.84 Å². The van der Waals surface area contributed by atoms with Crippen LogP contribution in [0, 0.1) is 0 Å². The molecule has 0 aliphatic carbocycles. The van der Waals surface area contributed by atoms with Crippen LogP contribution in [-0.2, 0) is 16.1 Å². The van der Waals surface area contributed by atoms with Crippen LogP contribution in [0.2, 0.25) is 0 Å². The summed E-state index contributed by atoms with van der Waals surface area (Å²) < 4.78 is 5.70. The van der Waals surface area contributed by atoms with Crippen LogP contribution in [0.15, 0.2) is 48.7 Å². The van der Waals surface area contributed by atoms with Gasteiger partial charge in [0, 0.05) is 51.7 Å². The molecule has 0 spiro atoms. The summed E-state index contributed by atoms with van der Waals surface area (Å²) in [6.45, 7) is 7.90. The second-order valence-corrected chi connectivity index (χ2v) is 9.71. The molecule has 8 nitrogen and oxygen atoms in total. The third-order valence-electron chi connectivity index (χ3n) is 5.50. The molecule has 182 valence electrons. The summed E-state index contributed by atoms with van der Waals surface area (Å²) in [5, 5.41) is 8.83. The first-order chi connectivity index (χ1) is 16.0. The smallest absolute Gasteiger partial charge is 0.416 e. The zero-order valence-electron chi connectivity index (χ0n) is 20.6. The van der Waals surface area contributed by atoms with E-state index in [0.29, 0.717) is 17.9 Å². The highest BCUT2D eigenvalue weighted by atomic mass is 16.6. The fourth-order valence-electron chi connectivity index (χ4n) is 3.87. The average Bonchev–Trinajstić information content (AvgIpc) is 3.20. The summed E-state index contributed by atoms with van der Waals surface area (Å²) in [6, 6.07) is 11.9. The van der Waals surface area contributed by atoms with Crippen LogP contribution in [0.1, 0.15) is 38.3 Å². The average molecular weight is 467 g/mol. The summed E-state index contributed by atoms with van der Waals surface area (Å²) >= 11 is 0. The molecule has 1 aliphatic rings. The molecule has 1 aromatic carbocycles. The maximum Gasteiger partial charge on any atom is 0.416 e. The summed E-state index contributed by atoms with van der Waals surface area (Å²) in [5.41, 5.74) is 2.39. The Morgan fingerprint density at radius 3 is 2.44 bits per heavy atom. The van der Waals surface area contributed by atoms with Gasteiger partial charge in [0.15, 0.2) is 0 Å². The van der Waals surface area contributed by atoms with Gasteiger partial charge in [-0.05, 0) is 68.7 Å². The molecule has 34 heavy (non-hydrogen) atoms. The van der Waals surface area contributed by atoms with Crippen molar-refractivity contribution in [1.82, 2.24) is 9.88 Å². The summed E-state index contributed by atoms with van der Waals surface area (Å²) in [5.74, 6) is -0.536. The molecular formula is C26H34N4O4. The molecular weight excluding hydrogens is 432 g/mol. The SMILES string of the molecule is CN(C)c1ccc(CN2CC[C@@H](N(C(=O)OC(C)(C)C)c3ccc(/C=C/C(=O)O)cn3)C2)cc1. The highest BCUT2D eigenvalue weighted by Crippen LogP contribution is 2.26. The van der Waals surface area contributed by atoms with Crippen LogP contribution in [0.5, 0.6) is 0 Å². The molecule has 0 unspecified atom stereocenters. The predicted molar refractivity (Wildman–Crippen MR) is 134 cm³/mol. The molecule has 1 saturated heterocycles. The van der Waals surface area contributed by atoms with Gasteiger partial charge in [0.2, 0.25) is 0 Å². The number of hydrogen-bond acceptors (Lipinski definition) is 6. The van der Waals surface area contributed by atoms with Crippen molar-refractivity contribution in [3.8, 4) is 0 Å². The Bertz CT molecular complexity index is 1010. The fraction of sp³-hybridized carbons (Fsp3) is 0.423. The molecule has 1 atom stereocenters. The first-order valence-corrected chi connectivity index (χ1v) is 11.4. The van der Waals surface area contributed by atoms with Gasteiger partial charge < -0.3 is 14.7 Å². The molecule has 8 heteroatoms. The number of benzene rings is 1. The van der Waals surface area contributed by atoms with E-state index in [9.17, 15) is 9.59 Å². The third kappa shape index (κ3) is 7.05. The van der Waals surface area contributed by atoms with E-state index in [1.54, 1.807) is 23.2 Å². The van der Waals surface area contributed by atoms with E-state index in [0.717, 1.165) is 31.3 Å². The number of ether oxygens (including phenoxy) is 1. The lowest BCUT2D eigenvalue weighted by Gasteiger charge is -2.31. The Kier molecular flexibility index (Phi) is 7.94. The van der Waals surface area contributed by atoms with Crippen molar-refractivity contribution in [1.29, 1.82) is 0 Å². The number of anilines is 2. The molecule has 1 fully saturated rings. The van der Waals surface area contributed by atoms with Gasteiger partial charge in [-0.1, -0.05) is 12.1 Å². The molecule has 1 aromatic heterocycles. The summed E-state index contributed by atoms with van der Waals surface area (Å²) in [6.07, 6.45) is 4.46. The number of aromatic nitrogens is 1. The maximum atomic E-state index is 13.2. The lowest BCUT2D eigenvalue weighted by atomic mass is 10.2. The number of pyridine rings is 1. The quantitative estimate of drug-likeness (QED) is 0.610. The molecule has 0 bridgehead atoms. The maximum absolute atomic E-state index is 13.2. The summed E-state index contributed by atoms with van der Waals surface area (Å²) in [4.78, 5) is 34.4. The van der Waals surface area contributed by atoms with Crippen LogP contribution in [0.4, 0.5) is 16.3 Å². The molecule has 2 aromatic rings. The minimum atomic E-state index is -1.03. The van der Waals surface area contributed by atoms with Crippen molar-refractivity contribution in [2.45, 2.75) is 45.4 Å².